The number of alkyl carbamates (subject to hydrolysis) is 1. The number of amides is 2. The molecule has 0 saturated carbocycles. The molecule has 2 N–H and O–H groups in total. The number of piperidine rings is 1. The molecule has 1 fully saturated rings. The van der Waals surface area contributed by atoms with Gasteiger partial charge in [-0.1, -0.05) is 60.7 Å². The topological polar surface area (TPSA) is 159 Å². The standard InChI is InChI=1S/C48H56N4O9/c1-7-52-41-21-20-36(35-18-11-16-33(24-35)25-40(45(54)59-6)50-46(55)60-30-32-14-9-8-10-15-32)27-38(41)39(44(52)37-19-12-22-49-43(37)31(2)58-5)28-48(3,4)61-42(53)26-34-17-13-23-51(29-34)47(56)57/h8-12,14-16,18-22,24,27,31,34,40H,7,13,17,23,25-26,28-30H2,1-6H3,(H,50,55)(H,56,57)/t31?,34-,40?/m1/s1. The largest absolute Gasteiger partial charge is 0.467 e. The molecule has 3 heterocycles. The normalized spacial score (nSPS) is 15.2. The van der Waals surface area contributed by atoms with Crippen LogP contribution in [0.1, 0.15) is 75.4 Å². The van der Waals surface area contributed by atoms with E-state index in [1.807, 2.05) is 87.5 Å². The lowest BCUT2D eigenvalue weighted by Crippen LogP contribution is -2.43. The smallest absolute Gasteiger partial charge is 0.408 e. The fraction of sp³-hybridized carbons (Fsp3) is 0.396. The van der Waals surface area contributed by atoms with Crippen molar-refractivity contribution < 1.29 is 43.2 Å². The van der Waals surface area contributed by atoms with Crippen LogP contribution in [0.3, 0.4) is 0 Å². The number of nitrogens with one attached hydrogen (secondary N) is 1. The van der Waals surface area contributed by atoms with Crippen LogP contribution in [0, 0.1) is 5.92 Å². The molecule has 5 aromatic rings. The van der Waals surface area contributed by atoms with Gasteiger partial charge in [-0.25, -0.2) is 14.4 Å². The number of ether oxygens (including phenoxy) is 4. The zero-order chi connectivity index (χ0) is 43.7. The number of nitrogens with zero attached hydrogens (tertiary/aromatic N) is 3. The van der Waals surface area contributed by atoms with Crippen LogP contribution >= 0.6 is 0 Å². The number of likely N-dealkylation sites (tertiary alicyclic amines) is 1. The summed E-state index contributed by atoms with van der Waals surface area (Å²) in [6, 6.07) is 26.4. The lowest BCUT2D eigenvalue weighted by molar-refractivity contribution is -0.157. The molecule has 1 saturated heterocycles. The van der Waals surface area contributed by atoms with Gasteiger partial charge in [0.25, 0.3) is 0 Å². The van der Waals surface area contributed by atoms with E-state index in [4.69, 9.17) is 23.9 Å². The van der Waals surface area contributed by atoms with Crippen LogP contribution in [0.25, 0.3) is 33.3 Å². The minimum Gasteiger partial charge on any atom is -0.467 e. The van der Waals surface area contributed by atoms with E-state index in [1.54, 1.807) is 13.3 Å². The van der Waals surface area contributed by atoms with Crippen LogP contribution in [0.5, 0.6) is 0 Å². The summed E-state index contributed by atoms with van der Waals surface area (Å²) in [5.41, 5.74) is 7.12. The highest BCUT2D eigenvalue weighted by molar-refractivity contribution is 5.95. The lowest BCUT2D eigenvalue weighted by Gasteiger charge is -2.31. The molecule has 3 atom stereocenters. The van der Waals surface area contributed by atoms with Crippen molar-refractivity contribution in [2.75, 3.05) is 27.3 Å². The van der Waals surface area contributed by atoms with E-state index in [0.717, 1.165) is 62.1 Å². The van der Waals surface area contributed by atoms with Crippen molar-refractivity contribution in [1.29, 1.82) is 0 Å². The van der Waals surface area contributed by atoms with Gasteiger partial charge in [0.05, 0.1) is 31.0 Å². The van der Waals surface area contributed by atoms with Crippen molar-refractivity contribution in [3.8, 4) is 22.4 Å². The number of aromatic nitrogens is 2. The van der Waals surface area contributed by atoms with Crippen molar-refractivity contribution in [2.45, 2.75) is 90.7 Å². The lowest BCUT2D eigenvalue weighted by atomic mass is 9.91. The molecule has 61 heavy (non-hydrogen) atoms. The molecule has 1 aliphatic rings. The second-order valence-corrected chi connectivity index (χ2v) is 16.2. The Bertz CT molecular complexity index is 2340. The molecule has 1 aliphatic heterocycles. The zero-order valence-corrected chi connectivity index (χ0v) is 35.8. The van der Waals surface area contributed by atoms with E-state index in [9.17, 15) is 24.3 Å². The van der Waals surface area contributed by atoms with E-state index in [2.05, 4.69) is 35.0 Å². The predicted molar refractivity (Wildman–Crippen MR) is 232 cm³/mol. The van der Waals surface area contributed by atoms with Crippen molar-refractivity contribution in [1.82, 2.24) is 19.8 Å². The van der Waals surface area contributed by atoms with Crippen molar-refractivity contribution in [3.63, 3.8) is 0 Å². The van der Waals surface area contributed by atoms with Gasteiger partial charge in [-0.3, -0.25) is 9.78 Å². The Labute approximate surface area is 357 Å². The Balaban J connectivity index is 1.33. The maximum atomic E-state index is 13.5. The molecule has 2 unspecified atom stereocenters. The molecule has 2 aromatic heterocycles. The monoisotopic (exact) mass is 832 g/mol. The number of fused-ring (bicyclic) bond motifs is 1. The number of rotatable bonds is 16. The third-order valence-electron chi connectivity index (χ3n) is 11.2. The first-order chi connectivity index (χ1) is 29.3. The summed E-state index contributed by atoms with van der Waals surface area (Å²) in [6.45, 7) is 9.37. The van der Waals surface area contributed by atoms with E-state index in [0.29, 0.717) is 32.5 Å². The molecule has 0 aliphatic carbocycles. The highest BCUT2D eigenvalue weighted by atomic mass is 16.6. The van der Waals surface area contributed by atoms with Crippen LogP contribution in [-0.2, 0) is 54.5 Å². The predicted octanol–water partition coefficient (Wildman–Crippen LogP) is 8.75. The van der Waals surface area contributed by atoms with Gasteiger partial charge in [0.1, 0.15) is 18.2 Å². The SMILES string of the molecule is CCn1c(-c2cccnc2C(C)OC)c(CC(C)(C)OC(=O)C[C@H]2CCCN(C(=O)O)C2)c2cc(-c3cccc(CC(NC(=O)OCc4ccccc4)C(=O)OC)c3)ccc21. The number of hydrogen-bond acceptors (Lipinski definition) is 9. The minimum absolute atomic E-state index is 0.0586. The fourth-order valence-electron chi connectivity index (χ4n) is 8.28. The fourth-order valence-corrected chi connectivity index (χ4v) is 8.28. The number of benzene rings is 3. The average molecular weight is 833 g/mol. The number of aryl methyl sites for hydroxylation is 1. The van der Waals surface area contributed by atoms with Crippen LogP contribution in [0.4, 0.5) is 9.59 Å². The van der Waals surface area contributed by atoms with Crippen LogP contribution in [0.15, 0.2) is 91.1 Å². The number of pyridine rings is 1. The van der Waals surface area contributed by atoms with Crippen LogP contribution in [-0.4, -0.2) is 82.6 Å². The summed E-state index contributed by atoms with van der Waals surface area (Å²) in [7, 11) is 2.94. The van der Waals surface area contributed by atoms with Gasteiger partial charge >= 0.3 is 24.1 Å². The molecule has 322 valence electrons. The number of carbonyl (C=O) groups excluding carboxylic acids is 3. The summed E-state index contributed by atoms with van der Waals surface area (Å²) in [4.78, 5) is 57.0. The molecular weight excluding hydrogens is 777 g/mol. The number of methoxy groups -OCH3 is 2. The summed E-state index contributed by atoms with van der Waals surface area (Å²) in [5, 5.41) is 13.2. The number of carbonyl (C=O) groups is 4. The highest BCUT2D eigenvalue weighted by Gasteiger charge is 2.32. The first kappa shape index (κ1) is 44.3. The van der Waals surface area contributed by atoms with E-state index < -0.39 is 29.8 Å². The Hall–Kier alpha value is -6.21. The van der Waals surface area contributed by atoms with Gasteiger partial charge in [-0.05, 0) is 98.5 Å². The van der Waals surface area contributed by atoms with Gasteiger partial charge in [-0.2, -0.15) is 0 Å². The van der Waals surface area contributed by atoms with Gasteiger partial charge in [-0.15, -0.1) is 0 Å². The average Bonchev–Trinajstić information content (AvgIpc) is 3.56. The Kier molecular flexibility index (Phi) is 14.5. The summed E-state index contributed by atoms with van der Waals surface area (Å²) < 4.78 is 24.7. The molecular formula is C48H56N4O9. The second kappa shape index (κ2) is 19.9. The number of hydrogen-bond donors (Lipinski definition) is 2. The molecule has 13 heteroatoms. The highest BCUT2D eigenvalue weighted by Crippen LogP contribution is 2.41. The van der Waals surface area contributed by atoms with Gasteiger partial charge in [0.2, 0.25) is 0 Å². The van der Waals surface area contributed by atoms with Crippen molar-refractivity contribution >= 4 is 35.0 Å². The molecule has 6 rings (SSSR count). The first-order valence-electron chi connectivity index (χ1n) is 20.8. The second-order valence-electron chi connectivity index (χ2n) is 16.2. The van der Waals surface area contributed by atoms with Gasteiger partial charge in [0.15, 0.2) is 0 Å². The maximum absolute atomic E-state index is 13.5. The maximum Gasteiger partial charge on any atom is 0.408 e. The first-order valence-corrected chi connectivity index (χ1v) is 20.8. The Morgan fingerprint density at radius 2 is 1.70 bits per heavy atom. The minimum atomic E-state index is -0.985. The quantitative estimate of drug-likeness (QED) is 0.0728. The van der Waals surface area contributed by atoms with Crippen LogP contribution < -0.4 is 5.32 Å². The Morgan fingerprint density at radius 1 is 0.951 bits per heavy atom. The van der Waals surface area contributed by atoms with Gasteiger partial charge < -0.3 is 38.8 Å². The molecule has 13 nitrogen and oxygen atoms in total. The number of esters is 2. The summed E-state index contributed by atoms with van der Waals surface area (Å²) >= 11 is 0. The summed E-state index contributed by atoms with van der Waals surface area (Å²) in [6.07, 6.45) is 1.90. The van der Waals surface area contributed by atoms with E-state index in [-0.39, 0.29) is 37.4 Å². The molecule has 2 amide bonds. The molecule has 0 radical (unpaired) electrons. The molecule has 3 aromatic carbocycles. The molecule has 0 bridgehead atoms. The third-order valence-corrected chi connectivity index (χ3v) is 11.2. The molecule has 0 spiro atoms. The zero-order valence-electron chi connectivity index (χ0n) is 35.8. The number of carboxylic acid groups (broad SMARTS) is 1. The van der Waals surface area contributed by atoms with E-state index >= 15 is 0 Å². The van der Waals surface area contributed by atoms with E-state index in [1.165, 1.54) is 12.0 Å². The summed E-state index contributed by atoms with van der Waals surface area (Å²) in [5.74, 6) is -1.06. The van der Waals surface area contributed by atoms with Crippen LogP contribution in [0.2, 0.25) is 0 Å². The third kappa shape index (κ3) is 10.9. The van der Waals surface area contributed by atoms with Crippen molar-refractivity contribution in [3.05, 3.63) is 114 Å². The Morgan fingerprint density at radius 3 is 2.43 bits per heavy atom. The van der Waals surface area contributed by atoms with Gasteiger partial charge in [0, 0.05) is 62.2 Å². The van der Waals surface area contributed by atoms with Crippen molar-refractivity contribution in [2.24, 2.45) is 5.92 Å².